The minimum atomic E-state index is -1.23. The van der Waals surface area contributed by atoms with Crippen LogP contribution >= 0.6 is 15.9 Å². The Morgan fingerprint density at radius 2 is 1.83 bits per heavy atom. The summed E-state index contributed by atoms with van der Waals surface area (Å²) < 4.78 is 0.871. The first kappa shape index (κ1) is 14.7. The van der Waals surface area contributed by atoms with Crippen molar-refractivity contribution >= 4 is 39.3 Å². The van der Waals surface area contributed by atoms with Crippen LogP contribution in [0.5, 0.6) is 0 Å². The number of halogens is 1. The third-order valence-corrected chi connectivity index (χ3v) is 5.54. The third-order valence-electron chi connectivity index (χ3n) is 5.04. The molecule has 1 aromatic rings. The lowest BCUT2D eigenvalue weighted by molar-refractivity contribution is -0.149. The van der Waals surface area contributed by atoms with Crippen molar-refractivity contribution < 1.29 is 14.4 Å². The number of likely N-dealkylation sites (tertiary alicyclic amines) is 1. The van der Waals surface area contributed by atoms with E-state index < -0.39 is 11.0 Å². The Bertz CT molecular complexity index is 791. The number of carbonyl (C=O) groups excluding carboxylic acids is 3. The molecule has 120 valence electrons. The molecule has 0 saturated carbocycles. The van der Waals surface area contributed by atoms with Crippen LogP contribution in [0.15, 0.2) is 22.7 Å². The fraction of sp³-hybridized carbons (Fsp3) is 0.438. The summed E-state index contributed by atoms with van der Waals surface area (Å²) in [5.74, 6) is -0.718. The Morgan fingerprint density at radius 3 is 2.43 bits per heavy atom. The van der Waals surface area contributed by atoms with E-state index >= 15 is 0 Å². The van der Waals surface area contributed by atoms with Crippen LogP contribution in [0.25, 0.3) is 0 Å². The highest BCUT2D eigenvalue weighted by Gasteiger charge is 2.67. The zero-order valence-electron chi connectivity index (χ0n) is 13.1. The molecule has 1 aromatic carbocycles. The topological polar surface area (TPSA) is 60.9 Å². The number of carbonyl (C=O) groups is 3. The van der Waals surface area contributed by atoms with E-state index in [0.717, 1.165) is 20.6 Å². The van der Waals surface area contributed by atoms with E-state index in [-0.39, 0.29) is 24.1 Å². The summed E-state index contributed by atoms with van der Waals surface area (Å²) in [4.78, 5) is 39.3. The molecule has 0 N–H and O–H groups in total. The lowest BCUT2D eigenvalue weighted by Gasteiger charge is -2.33. The maximum Gasteiger partial charge on any atom is 0.262 e. The van der Waals surface area contributed by atoms with Crippen LogP contribution < -0.4 is 5.01 Å². The average molecular weight is 378 g/mol. The second kappa shape index (κ2) is 4.14. The number of rotatable bonds is 0. The van der Waals surface area contributed by atoms with Crippen LogP contribution in [-0.2, 0) is 19.9 Å². The van der Waals surface area contributed by atoms with Crippen molar-refractivity contribution in [3.05, 3.63) is 28.2 Å². The number of hydrogen-bond donors (Lipinski definition) is 0. The smallest absolute Gasteiger partial charge is 0.262 e. The summed E-state index contributed by atoms with van der Waals surface area (Å²) in [6.45, 7) is 4.22. The van der Waals surface area contributed by atoms with E-state index in [1.165, 1.54) is 12.1 Å². The number of imide groups is 1. The van der Waals surface area contributed by atoms with E-state index in [1.807, 2.05) is 37.1 Å². The molecular weight excluding hydrogens is 362 g/mol. The molecule has 0 radical (unpaired) electrons. The first-order valence-corrected chi connectivity index (χ1v) is 8.22. The molecule has 3 aliphatic heterocycles. The zero-order chi connectivity index (χ0) is 16.7. The van der Waals surface area contributed by atoms with Gasteiger partial charge in [-0.2, -0.15) is 0 Å². The first-order chi connectivity index (χ1) is 10.7. The Hall–Kier alpha value is -1.89. The number of benzene rings is 1. The predicted octanol–water partition coefficient (Wildman–Crippen LogP) is 1.64. The summed E-state index contributed by atoms with van der Waals surface area (Å²) in [5, 5.41) is 3.38. The van der Waals surface area contributed by atoms with Crippen molar-refractivity contribution in [3.63, 3.8) is 0 Å². The monoisotopic (exact) mass is 377 g/mol. The van der Waals surface area contributed by atoms with Gasteiger partial charge < -0.3 is 0 Å². The minimum absolute atomic E-state index is 0.00468. The van der Waals surface area contributed by atoms with Gasteiger partial charge in [0.15, 0.2) is 5.54 Å². The standard InChI is InChI=1S/C16H16BrN3O3/c1-15(2)8-19-11-6-9(17)4-5-10(11)16(20(19)13(15)22)7-12(21)18(3)14(16)23/h4-6H,7-8H2,1-3H3. The van der Waals surface area contributed by atoms with E-state index in [2.05, 4.69) is 15.9 Å². The van der Waals surface area contributed by atoms with Gasteiger partial charge in [0.1, 0.15) is 0 Å². The number of fused-ring (bicyclic) bond motifs is 5. The SMILES string of the molecule is CN1C(=O)CC2(C1=O)c1ccc(Br)cc1N1CC(C)(C)C(=O)N12. The number of likely N-dealkylation sites (N-methyl/N-ethyl adjacent to an activating group) is 1. The van der Waals surface area contributed by atoms with E-state index in [0.29, 0.717) is 6.54 Å². The zero-order valence-corrected chi connectivity index (χ0v) is 14.7. The van der Waals surface area contributed by atoms with Gasteiger partial charge in [-0.25, -0.2) is 5.01 Å². The molecule has 1 atom stereocenters. The molecule has 23 heavy (non-hydrogen) atoms. The van der Waals surface area contributed by atoms with Gasteiger partial charge in [-0.3, -0.25) is 24.3 Å². The quantitative estimate of drug-likeness (QED) is 0.644. The maximum absolute atomic E-state index is 13.0. The normalized spacial score (nSPS) is 28.2. The van der Waals surface area contributed by atoms with Crippen molar-refractivity contribution in [3.8, 4) is 0 Å². The van der Waals surface area contributed by atoms with Gasteiger partial charge in [-0.15, -0.1) is 0 Å². The highest BCUT2D eigenvalue weighted by molar-refractivity contribution is 9.10. The van der Waals surface area contributed by atoms with Gasteiger partial charge in [0.05, 0.1) is 24.1 Å². The molecule has 4 rings (SSSR count). The van der Waals surface area contributed by atoms with E-state index in [4.69, 9.17) is 0 Å². The first-order valence-electron chi connectivity index (χ1n) is 7.43. The van der Waals surface area contributed by atoms with Gasteiger partial charge in [0.25, 0.3) is 5.91 Å². The second-order valence-electron chi connectivity index (χ2n) is 7.01. The predicted molar refractivity (Wildman–Crippen MR) is 86.2 cm³/mol. The van der Waals surface area contributed by atoms with Crippen LogP contribution in [0.3, 0.4) is 0 Å². The molecule has 3 amide bonds. The van der Waals surface area contributed by atoms with E-state index in [1.54, 1.807) is 0 Å². The van der Waals surface area contributed by atoms with Crippen LogP contribution in [0.2, 0.25) is 0 Å². The summed E-state index contributed by atoms with van der Waals surface area (Å²) in [6.07, 6.45) is -0.00468. The molecule has 3 heterocycles. The van der Waals surface area contributed by atoms with Gasteiger partial charge in [-0.05, 0) is 26.0 Å². The van der Waals surface area contributed by atoms with Gasteiger partial charge in [0.2, 0.25) is 11.8 Å². The third kappa shape index (κ3) is 1.56. The highest BCUT2D eigenvalue weighted by Crippen LogP contribution is 2.55. The van der Waals surface area contributed by atoms with Crippen LogP contribution in [0.4, 0.5) is 5.69 Å². The fourth-order valence-electron chi connectivity index (χ4n) is 3.84. The Labute approximate surface area is 142 Å². The molecule has 2 fully saturated rings. The molecule has 3 aliphatic rings. The van der Waals surface area contributed by atoms with Crippen LogP contribution in [0.1, 0.15) is 25.8 Å². The number of amides is 3. The molecule has 1 spiro atoms. The summed E-state index contributed by atoms with van der Waals surface area (Å²) >= 11 is 3.45. The van der Waals surface area contributed by atoms with Crippen LogP contribution in [-0.4, -0.2) is 41.2 Å². The van der Waals surface area contributed by atoms with E-state index in [9.17, 15) is 14.4 Å². The van der Waals surface area contributed by atoms with Crippen LogP contribution in [0, 0.1) is 5.41 Å². The van der Waals surface area contributed by atoms with Crippen molar-refractivity contribution in [1.82, 2.24) is 9.91 Å². The van der Waals surface area contributed by atoms with Crippen molar-refractivity contribution in [2.75, 3.05) is 18.6 Å². The Balaban J connectivity index is 2.01. The lowest BCUT2D eigenvalue weighted by atomic mass is 9.84. The number of hydrogen-bond acceptors (Lipinski definition) is 4. The molecule has 0 aromatic heterocycles. The second-order valence-corrected chi connectivity index (χ2v) is 7.93. The molecule has 7 heteroatoms. The van der Waals surface area contributed by atoms with Gasteiger partial charge >= 0.3 is 0 Å². The summed E-state index contributed by atoms with van der Waals surface area (Å²) in [6, 6.07) is 5.58. The lowest BCUT2D eigenvalue weighted by Crippen LogP contribution is -2.53. The van der Waals surface area contributed by atoms with Gasteiger partial charge in [0, 0.05) is 17.1 Å². The number of nitrogens with zero attached hydrogens (tertiary/aromatic N) is 3. The fourth-order valence-corrected chi connectivity index (χ4v) is 4.19. The largest absolute Gasteiger partial charge is 0.283 e. The number of hydrazine groups is 1. The average Bonchev–Trinajstić information content (AvgIpc) is 2.97. The van der Waals surface area contributed by atoms with Gasteiger partial charge in [-0.1, -0.05) is 22.0 Å². The maximum atomic E-state index is 13.0. The summed E-state index contributed by atoms with van der Waals surface area (Å²) in [7, 11) is 1.48. The summed E-state index contributed by atoms with van der Waals surface area (Å²) in [5.41, 5.74) is -0.286. The minimum Gasteiger partial charge on any atom is -0.283 e. The van der Waals surface area contributed by atoms with Crippen molar-refractivity contribution in [1.29, 1.82) is 0 Å². The number of anilines is 1. The molecule has 0 bridgehead atoms. The molecule has 1 unspecified atom stereocenters. The molecule has 0 aliphatic carbocycles. The van der Waals surface area contributed by atoms with Crippen molar-refractivity contribution in [2.24, 2.45) is 5.41 Å². The molecule has 6 nitrogen and oxygen atoms in total. The molecule has 2 saturated heterocycles. The Morgan fingerprint density at radius 1 is 1.13 bits per heavy atom. The molecular formula is C16H16BrN3O3. The Kier molecular flexibility index (Phi) is 2.64. The van der Waals surface area contributed by atoms with Crippen molar-refractivity contribution in [2.45, 2.75) is 25.8 Å². The highest BCUT2D eigenvalue weighted by atomic mass is 79.9.